The number of rotatable bonds is 3. The van der Waals surface area contributed by atoms with Gasteiger partial charge < -0.3 is 11.5 Å². The van der Waals surface area contributed by atoms with E-state index in [0.29, 0.717) is 6.54 Å². The van der Waals surface area contributed by atoms with Gasteiger partial charge in [-0.05, 0) is 17.7 Å². The van der Waals surface area contributed by atoms with Crippen molar-refractivity contribution in [3.8, 4) is 0 Å². The lowest BCUT2D eigenvalue weighted by molar-refractivity contribution is 0.539. The van der Waals surface area contributed by atoms with Gasteiger partial charge in [-0.1, -0.05) is 41.9 Å². The molecule has 1 rings (SSSR count). The first kappa shape index (κ1) is 12.0. The molecule has 0 fully saturated rings. The molecule has 0 aliphatic carbocycles. The molecule has 0 amide bonds. The van der Waals surface area contributed by atoms with Crippen LogP contribution in [0.2, 0.25) is 0 Å². The van der Waals surface area contributed by atoms with Crippen molar-refractivity contribution < 1.29 is 0 Å². The van der Waals surface area contributed by atoms with E-state index in [1.807, 2.05) is 12.1 Å². The van der Waals surface area contributed by atoms with Gasteiger partial charge in [0.15, 0.2) is 5.96 Å². The maximum atomic E-state index is 5.33. The Morgan fingerprint density at radius 1 is 1.40 bits per heavy atom. The number of hydrogen-bond donors (Lipinski definition) is 2. The second kappa shape index (κ2) is 4.66. The Morgan fingerprint density at radius 3 is 2.60 bits per heavy atom. The molecule has 4 heteroatoms. The summed E-state index contributed by atoms with van der Waals surface area (Å²) in [6, 6.07) is 8.17. The van der Waals surface area contributed by atoms with Crippen LogP contribution in [0.15, 0.2) is 33.7 Å². The van der Waals surface area contributed by atoms with Crippen LogP contribution in [-0.2, 0) is 5.41 Å². The molecule has 1 aromatic rings. The summed E-state index contributed by atoms with van der Waals surface area (Å²) in [5.41, 5.74) is 11.8. The van der Waals surface area contributed by atoms with Crippen molar-refractivity contribution >= 4 is 21.9 Å². The Hall–Kier alpha value is -1.03. The van der Waals surface area contributed by atoms with Crippen LogP contribution < -0.4 is 11.5 Å². The third kappa shape index (κ3) is 3.55. The molecule has 0 aliphatic heterocycles. The molecule has 3 nitrogen and oxygen atoms in total. The summed E-state index contributed by atoms with van der Waals surface area (Å²) < 4.78 is 1.07. The van der Waals surface area contributed by atoms with Gasteiger partial charge in [0.25, 0.3) is 0 Å². The molecule has 0 saturated heterocycles. The molecule has 4 N–H and O–H groups in total. The van der Waals surface area contributed by atoms with E-state index in [2.05, 4.69) is 46.9 Å². The molecular weight excluding hydrogens is 254 g/mol. The van der Waals surface area contributed by atoms with E-state index < -0.39 is 0 Å². The highest BCUT2D eigenvalue weighted by Crippen LogP contribution is 2.25. The van der Waals surface area contributed by atoms with Crippen molar-refractivity contribution in [2.75, 3.05) is 6.54 Å². The van der Waals surface area contributed by atoms with E-state index in [1.165, 1.54) is 5.56 Å². The maximum Gasteiger partial charge on any atom is 0.185 e. The summed E-state index contributed by atoms with van der Waals surface area (Å²) >= 11 is 3.45. The maximum absolute atomic E-state index is 5.33. The number of halogens is 1. The smallest absolute Gasteiger partial charge is 0.185 e. The van der Waals surface area contributed by atoms with E-state index in [-0.39, 0.29) is 11.4 Å². The highest BCUT2D eigenvalue weighted by atomic mass is 79.9. The van der Waals surface area contributed by atoms with Crippen LogP contribution in [0.4, 0.5) is 0 Å². The summed E-state index contributed by atoms with van der Waals surface area (Å²) in [6.07, 6.45) is 0. The third-order valence-corrected chi connectivity index (χ3v) is 2.76. The Morgan fingerprint density at radius 2 is 2.07 bits per heavy atom. The molecule has 0 heterocycles. The number of guanidine groups is 1. The van der Waals surface area contributed by atoms with Gasteiger partial charge in [-0.25, -0.2) is 0 Å². The average molecular weight is 270 g/mol. The normalized spacial score (nSPS) is 11.1. The molecule has 0 radical (unpaired) electrons. The standard InChI is InChI=1S/C11H16BrN3/c1-11(2,7-15-10(13)14)8-4-3-5-9(12)6-8/h3-6H,7H2,1-2H3,(H4,13,14,15). The third-order valence-electron chi connectivity index (χ3n) is 2.26. The van der Waals surface area contributed by atoms with Crippen LogP contribution in [0.25, 0.3) is 0 Å². The number of hydrogen-bond acceptors (Lipinski definition) is 1. The van der Waals surface area contributed by atoms with E-state index >= 15 is 0 Å². The minimum atomic E-state index is -0.0617. The Balaban J connectivity index is 2.90. The number of aliphatic imine (C=N–C) groups is 1. The Bertz CT molecular complexity index is 368. The van der Waals surface area contributed by atoms with Crippen molar-refractivity contribution in [3.05, 3.63) is 34.3 Å². The highest BCUT2D eigenvalue weighted by Gasteiger charge is 2.20. The second-order valence-corrected chi connectivity index (χ2v) is 5.05. The highest BCUT2D eigenvalue weighted by molar-refractivity contribution is 9.10. The van der Waals surface area contributed by atoms with Gasteiger partial charge in [-0.2, -0.15) is 0 Å². The molecule has 0 bridgehead atoms. The molecule has 0 saturated carbocycles. The van der Waals surface area contributed by atoms with E-state index in [0.717, 1.165) is 4.47 Å². The van der Waals surface area contributed by atoms with Crippen LogP contribution in [0, 0.1) is 0 Å². The lowest BCUT2D eigenvalue weighted by Crippen LogP contribution is -2.28. The van der Waals surface area contributed by atoms with Gasteiger partial charge in [0.05, 0.1) is 6.54 Å². The zero-order valence-corrected chi connectivity index (χ0v) is 10.6. The quantitative estimate of drug-likeness (QED) is 0.651. The minimum absolute atomic E-state index is 0.0617. The van der Waals surface area contributed by atoms with Crippen molar-refractivity contribution in [1.29, 1.82) is 0 Å². The number of nitrogens with two attached hydrogens (primary N) is 2. The van der Waals surface area contributed by atoms with Gasteiger partial charge in [0.1, 0.15) is 0 Å². The van der Waals surface area contributed by atoms with Gasteiger partial charge in [-0.15, -0.1) is 0 Å². The van der Waals surface area contributed by atoms with Crippen LogP contribution in [0.5, 0.6) is 0 Å². The zero-order chi connectivity index (χ0) is 11.5. The van der Waals surface area contributed by atoms with Gasteiger partial charge in [-0.3, -0.25) is 4.99 Å². The molecule has 0 aromatic heterocycles. The van der Waals surface area contributed by atoms with E-state index in [9.17, 15) is 0 Å². The lowest BCUT2D eigenvalue weighted by Gasteiger charge is -2.23. The number of nitrogens with zero attached hydrogens (tertiary/aromatic N) is 1. The summed E-state index contributed by atoms with van der Waals surface area (Å²) in [5, 5.41) is 0. The van der Waals surface area contributed by atoms with Crippen molar-refractivity contribution in [2.45, 2.75) is 19.3 Å². The first-order valence-corrected chi connectivity index (χ1v) is 5.52. The van der Waals surface area contributed by atoms with E-state index in [4.69, 9.17) is 11.5 Å². The van der Waals surface area contributed by atoms with Gasteiger partial charge in [0, 0.05) is 9.89 Å². The summed E-state index contributed by atoms with van der Waals surface area (Å²) in [4.78, 5) is 4.06. The molecule has 0 aliphatic rings. The minimum Gasteiger partial charge on any atom is -0.370 e. The molecule has 1 aromatic carbocycles. The fraction of sp³-hybridized carbons (Fsp3) is 0.364. The zero-order valence-electron chi connectivity index (χ0n) is 9.00. The van der Waals surface area contributed by atoms with Crippen molar-refractivity contribution in [2.24, 2.45) is 16.5 Å². The molecule has 82 valence electrons. The van der Waals surface area contributed by atoms with Crippen LogP contribution in [0.1, 0.15) is 19.4 Å². The molecule has 0 atom stereocenters. The Kier molecular flexibility index (Phi) is 3.74. The fourth-order valence-corrected chi connectivity index (χ4v) is 1.69. The van der Waals surface area contributed by atoms with Crippen molar-refractivity contribution in [1.82, 2.24) is 0 Å². The second-order valence-electron chi connectivity index (χ2n) is 4.14. The predicted molar refractivity (Wildman–Crippen MR) is 67.8 cm³/mol. The summed E-state index contributed by atoms with van der Waals surface area (Å²) in [6.45, 7) is 4.81. The average Bonchev–Trinajstić information content (AvgIpc) is 2.15. The first-order valence-electron chi connectivity index (χ1n) is 4.73. The largest absolute Gasteiger partial charge is 0.370 e. The number of benzene rings is 1. The SMILES string of the molecule is CC(C)(CN=C(N)N)c1cccc(Br)c1. The molecule has 0 unspecified atom stereocenters. The summed E-state index contributed by atoms with van der Waals surface area (Å²) in [5.74, 6) is 0.137. The van der Waals surface area contributed by atoms with Crippen LogP contribution in [-0.4, -0.2) is 12.5 Å². The molecule has 0 spiro atoms. The van der Waals surface area contributed by atoms with Gasteiger partial charge >= 0.3 is 0 Å². The van der Waals surface area contributed by atoms with Gasteiger partial charge in [0.2, 0.25) is 0 Å². The van der Waals surface area contributed by atoms with Crippen LogP contribution in [0.3, 0.4) is 0 Å². The molecule has 15 heavy (non-hydrogen) atoms. The van der Waals surface area contributed by atoms with Crippen molar-refractivity contribution in [3.63, 3.8) is 0 Å². The van der Waals surface area contributed by atoms with Crippen LogP contribution >= 0.6 is 15.9 Å². The lowest BCUT2D eigenvalue weighted by atomic mass is 9.85. The summed E-state index contributed by atoms with van der Waals surface area (Å²) in [7, 11) is 0. The molecular formula is C11H16BrN3. The monoisotopic (exact) mass is 269 g/mol. The van der Waals surface area contributed by atoms with E-state index in [1.54, 1.807) is 0 Å². The Labute approximate surface area is 98.7 Å². The fourth-order valence-electron chi connectivity index (χ4n) is 1.29. The topological polar surface area (TPSA) is 64.4 Å². The first-order chi connectivity index (χ1) is 6.92. The predicted octanol–water partition coefficient (Wildman–Crippen LogP) is 2.00.